The number of Topliss-reactive ketones (excluding diaryl/α,β-unsaturated/α-hetero) is 1. The Labute approximate surface area is 199 Å². The number of carbonyl (C=O) groups is 1. The molecule has 33 heavy (non-hydrogen) atoms. The van der Waals surface area contributed by atoms with Gasteiger partial charge in [-0.1, -0.05) is 18.2 Å². The number of fused-ring (bicyclic) bond motifs is 3. The van der Waals surface area contributed by atoms with Gasteiger partial charge in [-0.15, -0.1) is 11.3 Å². The highest BCUT2D eigenvalue weighted by Crippen LogP contribution is 2.35. The van der Waals surface area contributed by atoms with E-state index in [1.165, 1.54) is 11.8 Å². The van der Waals surface area contributed by atoms with Crippen LogP contribution in [-0.4, -0.2) is 28.2 Å². The zero-order valence-corrected chi connectivity index (χ0v) is 20.1. The van der Waals surface area contributed by atoms with E-state index >= 15 is 0 Å². The summed E-state index contributed by atoms with van der Waals surface area (Å²) in [7, 11) is 1.59. The van der Waals surface area contributed by atoms with E-state index in [2.05, 4.69) is 0 Å². The number of hydrogen-bond acceptors (Lipinski definition) is 8. The molecule has 0 aliphatic heterocycles. The van der Waals surface area contributed by atoms with Crippen molar-refractivity contribution in [1.82, 2.24) is 9.55 Å². The molecule has 3 aromatic rings. The standard InChI is InChI=1S/C24H24N4O3S2/c1-14(26)18(12-25)19(29)13-32-24-27-22-21(17-6-4-3-5-7-20(17)33-22)23(30)28(24)15-8-10-16(31-2)11-9-15/h8-11H,3-7,13,26H2,1-2H3/b18-14+. The summed E-state index contributed by atoms with van der Waals surface area (Å²) in [5, 5.41) is 10.3. The smallest absolute Gasteiger partial charge is 0.267 e. The number of hydrogen-bond donors (Lipinski definition) is 1. The molecule has 2 aromatic heterocycles. The van der Waals surface area contributed by atoms with E-state index in [-0.39, 0.29) is 28.4 Å². The van der Waals surface area contributed by atoms with Crippen LogP contribution in [-0.2, 0) is 17.6 Å². The first kappa shape index (κ1) is 23.1. The summed E-state index contributed by atoms with van der Waals surface area (Å²) < 4.78 is 6.81. The number of thioether (sulfide) groups is 1. The molecule has 0 fully saturated rings. The molecule has 0 atom stereocenters. The predicted octanol–water partition coefficient (Wildman–Crippen LogP) is 4.14. The van der Waals surface area contributed by atoms with Crippen LogP contribution in [0.15, 0.2) is 45.5 Å². The van der Waals surface area contributed by atoms with E-state index in [0.29, 0.717) is 26.8 Å². The number of thiophene rings is 1. The molecule has 0 radical (unpaired) electrons. The lowest BCUT2D eigenvalue weighted by Crippen LogP contribution is -2.22. The Balaban J connectivity index is 1.85. The minimum absolute atomic E-state index is 0.0450. The number of allylic oxidation sites excluding steroid dienone is 2. The molecular formula is C24H24N4O3S2. The van der Waals surface area contributed by atoms with Crippen molar-refractivity contribution in [3.63, 3.8) is 0 Å². The van der Waals surface area contributed by atoms with Crippen LogP contribution in [0, 0.1) is 11.3 Å². The van der Waals surface area contributed by atoms with E-state index in [1.54, 1.807) is 47.3 Å². The maximum atomic E-state index is 13.8. The number of ether oxygens (including phenoxy) is 1. The number of methoxy groups -OCH3 is 1. The number of nitrogens with zero attached hydrogens (tertiary/aromatic N) is 3. The molecule has 9 heteroatoms. The first-order valence-corrected chi connectivity index (χ1v) is 12.5. The van der Waals surface area contributed by atoms with Gasteiger partial charge in [-0.3, -0.25) is 14.2 Å². The van der Waals surface area contributed by atoms with E-state index < -0.39 is 0 Å². The average Bonchev–Trinajstić information content (AvgIpc) is 2.99. The molecule has 0 bridgehead atoms. The van der Waals surface area contributed by atoms with Gasteiger partial charge >= 0.3 is 0 Å². The summed E-state index contributed by atoms with van der Waals surface area (Å²) in [4.78, 5) is 33.1. The van der Waals surface area contributed by atoms with Crippen LogP contribution < -0.4 is 16.0 Å². The average molecular weight is 481 g/mol. The Bertz CT molecular complexity index is 1340. The summed E-state index contributed by atoms with van der Waals surface area (Å²) in [5.41, 5.74) is 7.42. The molecular weight excluding hydrogens is 456 g/mol. The van der Waals surface area contributed by atoms with Crippen molar-refractivity contribution >= 4 is 39.1 Å². The van der Waals surface area contributed by atoms with Gasteiger partial charge in [-0.05, 0) is 62.4 Å². The maximum absolute atomic E-state index is 13.8. The SMILES string of the molecule is COc1ccc(-n2c(SCC(=O)/C(C#N)=C(\C)N)nc3sc4c(c3c2=O)CCCCC4)cc1. The number of benzene rings is 1. The molecule has 0 spiro atoms. The van der Waals surface area contributed by atoms with Gasteiger partial charge in [0.2, 0.25) is 0 Å². The van der Waals surface area contributed by atoms with Crippen molar-refractivity contribution < 1.29 is 9.53 Å². The third-order valence-corrected chi connectivity index (χ3v) is 7.78. The maximum Gasteiger partial charge on any atom is 0.267 e. The van der Waals surface area contributed by atoms with Crippen LogP contribution in [0.4, 0.5) is 0 Å². The molecule has 2 N–H and O–H groups in total. The molecule has 0 amide bonds. The lowest BCUT2D eigenvalue weighted by atomic mass is 10.1. The lowest BCUT2D eigenvalue weighted by Gasteiger charge is -2.13. The van der Waals surface area contributed by atoms with Crippen molar-refractivity contribution in [3.05, 3.63) is 56.3 Å². The zero-order chi connectivity index (χ0) is 23.5. The first-order valence-electron chi connectivity index (χ1n) is 10.7. The number of rotatable bonds is 6. The second-order valence-corrected chi connectivity index (χ2v) is 9.89. The van der Waals surface area contributed by atoms with Crippen LogP contribution >= 0.6 is 23.1 Å². The van der Waals surface area contributed by atoms with Crippen molar-refractivity contribution in [1.29, 1.82) is 5.26 Å². The number of nitriles is 1. The van der Waals surface area contributed by atoms with E-state index in [4.69, 9.17) is 15.5 Å². The van der Waals surface area contributed by atoms with Crippen LogP contribution in [0.1, 0.15) is 36.6 Å². The topological polar surface area (TPSA) is 111 Å². The summed E-state index contributed by atoms with van der Waals surface area (Å²) in [6.07, 6.45) is 5.18. The lowest BCUT2D eigenvalue weighted by molar-refractivity contribution is -0.112. The van der Waals surface area contributed by atoms with E-state index in [0.717, 1.165) is 49.4 Å². The fourth-order valence-electron chi connectivity index (χ4n) is 3.99. The van der Waals surface area contributed by atoms with Crippen molar-refractivity contribution in [2.75, 3.05) is 12.9 Å². The van der Waals surface area contributed by atoms with Gasteiger partial charge in [0.15, 0.2) is 10.9 Å². The highest BCUT2D eigenvalue weighted by molar-refractivity contribution is 7.99. The Morgan fingerprint density at radius 2 is 2.00 bits per heavy atom. The molecule has 2 heterocycles. The molecule has 1 aromatic carbocycles. The largest absolute Gasteiger partial charge is 0.497 e. The third kappa shape index (κ3) is 4.54. The Morgan fingerprint density at radius 3 is 2.67 bits per heavy atom. The third-order valence-electron chi connectivity index (χ3n) is 5.66. The summed E-state index contributed by atoms with van der Waals surface area (Å²) in [6.45, 7) is 1.53. The first-order chi connectivity index (χ1) is 15.9. The number of aryl methyl sites for hydroxylation is 2. The van der Waals surface area contributed by atoms with Gasteiger partial charge in [-0.25, -0.2) is 4.98 Å². The van der Waals surface area contributed by atoms with Gasteiger partial charge in [-0.2, -0.15) is 5.26 Å². The molecule has 0 saturated heterocycles. The molecule has 0 unspecified atom stereocenters. The highest BCUT2D eigenvalue weighted by atomic mass is 32.2. The minimum atomic E-state index is -0.389. The Morgan fingerprint density at radius 1 is 1.27 bits per heavy atom. The highest BCUT2D eigenvalue weighted by Gasteiger charge is 2.23. The second kappa shape index (κ2) is 9.81. The van der Waals surface area contributed by atoms with Gasteiger partial charge in [0.05, 0.1) is 23.9 Å². The second-order valence-electron chi connectivity index (χ2n) is 7.86. The van der Waals surface area contributed by atoms with Crippen LogP contribution in [0.3, 0.4) is 0 Å². The monoisotopic (exact) mass is 480 g/mol. The Kier molecular flexibility index (Phi) is 6.86. The number of ketones is 1. The molecule has 1 aliphatic rings. The molecule has 1 aliphatic carbocycles. The van der Waals surface area contributed by atoms with E-state index in [9.17, 15) is 14.9 Å². The van der Waals surface area contributed by atoms with Crippen LogP contribution in [0.5, 0.6) is 5.75 Å². The minimum Gasteiger partial charge on any atom is -0.497 e. The molecule has 0 saturated carbocycles. The van der Waals surface area contributed by atoms with Gasteiger partial charge < -0.3 is 10.5 Å². The molecule has 4 rings (SSSR count). The van der Waals surface area contributed by atoms with Crippen LogP contribution in [0.2, 0.25) is 0 Å². The van der Waals surface area contributed by atoms with Crippen molar-refractivity contribution in [2.45, 2.75) is 44.2 Å². The zero-order valence-electron chi connectivity index (χ0n) is 18.5. The van der Waals surface area contributed by atoms with Gasteiger partial charge in [0, 0.05) is 10.6 Å². The fraction of sp³-hybridized carbons (Fsp3) is 0.333. The van der Waals surface area contributed by atoms with E-state index in [1.807, 2.05) is 6.07 Å². The van der Waals surface area contributed by atoms with Crippen molar-refractivity contribution in [2.24, 2.45) is 5.73 Å². The fourth-order valence-corrected chi connectivity index (χ4v) is 6.18. The normalized spacial score (nSPS) is 14.2. The van der Waals surface area contributed by atoms with Crippen LogP contribution in [0.25, 0.3) is 15.9 Å². The number of aromatic nitrogens is 2. The predicted molar refractivity (Wildman–Crippen MR) is 131 cm³/mol. The Hall–Kier alpha value is -3.09. The van der Waals surface area contributed by atoms with Gasteiger partial charge in [0.1, 0.15) is 22.2 Å². The summed E-state index contributed by atoms with van der Waals surface area (Å²) in [6, 6.07) is 9.04. The number of nitrogens with two attached hydrogens (primary N) is 1. The van der Waals surface area contributed by atoms with Gasteiger partial charge in [0.25, 0.3) is 5.56 Å². The number of carbonyl (C=O) groups excluding carboxylic acids is 1. The molecule has 7 nitrogen and oxygen atoms in total. The summed E-state index contributed by atoms with van der Waals surface area (Å²) in [5.74, 6) is 0.244. The summed E-state index contributed by atoms with van der Waals surface area (Å²) >= 11 is 2.71. The molecule has 170 valence electrons. The quantitative estimate of drug-likeness (QED) is 0.186. The van der Waals surface area contributed by atoms with Crippen molar-refractivity contribution in [3.8, 4) is 17.5 Å².